The van der Waals surface area contributed by atoms with Crippen molar-refractivity contribution in [2.75, 3.05) is 16.8 Å². The van der Waals surface area contributed by atoms with Gasteiger partial charge in [0, 0.05) is 37.1 Å². The molecule has 0 spiro atoms. The number of benzene rings is 5. The predicted molar refractivity (Wildman–Crippen MR) is 230 cm³/mol. The van der Waals surface area contributed by atoms with Crippen molar-refractivity contribution in [2.45, 2.75) is 80.9 Å². The molecule has 3 atom stereocenters. The molecule has 5 aromatic carbocycles. The van der Waals surface area contributed by atoms with E-state index in [0.29, 0.717) is 37.2 Å². The summed E-state index contributed by atoms with van der Waals surface area (Å²) in [5.41, 5.74) is 14.0. The molecule has 57 heavy (non-hydrogen) atoms. The second-order valence-electron chi connectivity index (χ2n) is 14.3. The lowest BCUT2D eigenvalue weighted by atomic mass is 9.99. The SMILES string of the molecule is Nc1ccccc1NC(=O)CCCCCCC(=O)NCc1cccc(-c2cccc(C3OC(CSc4nc5ccccc5s4)CC(c4ccc(CO)cc4)O3)c2)c1. The number of carbonyl (C=O) groups excluding carboxylic acids is 2. The first kappa shape index (κ1) is 40.2. The second kappa shape index (κ2) is 19.9. The lowest BCUT2D eigenvalue weighted by Gasteiger charge is -2.36. The summed E-state index contributed by atoms with van der Waals surface area (Å²) in [5, 5.41) is 15.5. The van der Waals surface area contributed by atoms with Gasteiger partial charge < -0.3 is 30.9 Å². The Bertz CT molecular complexity index is 2230. The number of carbonyl (C=O) groups is 2. The van der Waals surface area contributed by atoms with Crippen LogP contribution in [0.15, 0.2) is 126 Å². The van der Waals surface area contributed by atoms with E-state index in [0.717, 1.165) is 74.7 Å². The number of hydrogen-bond acceptors (Lipinski definition) is 9. The highest BCUT2D eigenvalue weighted by Crippen LogP contribution is 2.41. The fourth-order valence-corrected chi connectivity index (χ4v) is 8.97. The van der Waals surface area contributed by atoms with E-state index in [9.17, 15) is 14.7 Å². The Hall–Kier alpha value is -5.04. The lowest BCUT2D eigenvalue weighted by Crippen LogP contribution is -2.31. The highest BCUT2D eigenvalue weighted by atomic mass is 32.2. The number of unbranched alkanes of at least 4 members (excludes halogenated alkanes) is 3. The largest absolute Gasteiger partial charge is 0.397 e. The third kappa shape index (κ3) is 11.3. The van der Waals surface area contributed by atoms with Crippen LogP contribution in [-0.4, -0.2) is 33.8 Å². The molecule has 0 aliphatic carbocycles. The number of anilines is 2. The average molecular weight is 801 g/mol. The summed E-state index contributed by atoms with van der Waals surface area (Å²) in [6, 6.07) is 39.9. The van der Waals surface area contributed by atoms with Gasteiger partial charge in [-0.15, -0.1) is 11.3 Å². The van der Waals surface area contributed by atoms with Gasteiger partial charge in [-0.1, -0.05) is 110 Å². The van der Waals surface area contributed by atoms with Crippen molar-refractivity contribution in [1.82, 2.24) is 10.3 Å². The third-order valence-corrected chi connectivity index (χ3v) is 12.3. The number of hydrogen-bond donors (Lipinski definition) is 4. The lowest BCUT2D eigenvalue weighted by molar-refractivity contribution is -0.245. The molecule has 0 saturated carbocycles. The van der Waals surface area contributed by atoms with Gasteiger partial charge in [-0.25, -0.2) is 4.98 Å². The molecule has 5 N–H and O–H groups in total. The first-order chi connectivity index (χ1) is 27.9. The number of ether oxygens (including phenoxy) is 2. The number of thiazole rings is 1. The Balaban J connectivity index is 0.923. The van der Waals surface area contributed by atoms with Crippen LogP contribution in [0.4, 0.5) is 11.4 Å². The molecule has 1 aliphatic rings. The summed E-state index contributed by atoms with van der Waals surface area (Å²) in [6.07, 6.45) is 4.03. The van der Waals surface area contributed by atoms with Crippen LogP contribution in [0.3, 0.4) is 0 Å². The summed E-state index contributed by atoms with van der Waals surface area (Å²) in [5.74, 6) is 0.705. The van der Waals surface area contributed by atoms with E-state index in [1.165, 1.54) is 4.70 Å². The molecule has 294 valence electrons. The van der Waals surface area contributed by atoms with Gasteiger partial charge in [0.05, 0.1) is 40.4 Å². The molecule has 1 aliphatic heterocycles. The zero-order valence-electron chi connectivity index (χ0n) is 31.8. The van der Waals surface area contributed by atoms with Crippen molar-refractivity contribution in [1.29, 1.82) is 0 Å². The maximum Gasteiger partial charge on any atom is 0.224 e. The third-order valence-electron chi connectivity index (χ3n) is 9.98. The van der Waals surface area contributed by atoms with E-state index in [1.54, 1.807) is 35.2 Å². The van der Waals surface area contributed by atoms with Crippen LogP contribution in [0.2, 0.25) is 0 Å². The van der Waals surface area contributed by atoms with Crippen LogP contribution in [0.5, 0.6) is 0 Å². The average Bonchev–Trinajstić information content (AvgIpc) is 3.67. The number of nitrogens with zero attached hydrogens (tertiary/aromatic N) is 1. The molecule has 7 rings (SSSR count). The van der Waals surface area contributed by atoms with Crippen LogP contribution in [0.1, 0.15) is 79.6 Å². The number of nitrogen functional groups attached to an aromatic ring is 1. The molecular weight excluding hydrogens is 753 g/mol. The van der Waals surface area contributed by atoms with Crippen molar-refractivity contribution in [2.24, 2.45) is 0 Å². The molecule has 2 amide bonds. The summed E-state index contributed by atoms with van der Waals surface area (Å²) >= 11 is 3.42. The fraction of sp³-hybridized carbons (Fsp3) is 0.283. The van der Waals surface area contributed by atoms with Crippen molar-refractivity contribution >= 4 is 56.5 Å². The van der Waals surface area contributed by atoms with Crippen LogP contribution >= 0.6 is 23.1 Å². The Morgan fingerprint density at radius 2 is 1.51 bits per heavy atom. The molecule has 2 heterocycles. The zero-order valence-corrected chi connectivity index (χ0v) is 33.4. The van der Waals surface area contributed by atoms with Crippen LogP contribution in [0, 0.1) is 0 Å². The minimum absolute atomic E-state index is 0.00368. The molecule has 1 fully saturated rings. The van der Waals surface area contributed by atoms with Crippen molar-refractivity contribution < 1.29 is 24.2 Å². The van der Waals surface area contributed by atoms with E-state index < -0.39 is 6.29 Å². The smallest absolute Gasteiger partial charge is 0.224 e. The van der Waals surface area contributed by atoms with E-state index in [-0.39, 0.29) is 30.6 Å². The molecule has 9 nitrogen and oxygen atoms in total. The molecule has 3 unspecified atom stereocenters. The molecule has 0 bridgehead atoms. The predicted octanol–water partition coefficient (Wildman–Crippen LogP) is 9.97. The number of rotatable bonds is 17. The second-order valence-corrected chi connectivity index (χ2v) is 16.6. The highest BCUT2D eigenvalue weighted by Gasteiger charge is 2.32. The number of fused-ring (bicyclic) bond motifs is 1. The number of aliphatic hydroxyl groups excluding tert-OH is 1. The van der Waals surface area contributed by atoms with E-state index in [1.807, 2.05) is 78.9 Å². The first-order valence-electron chi connectivity index (χ1n) is 19.5. The Morgan fingerprint density at radius 1 is 0.772 bits per heavy atom. The van der Waals surface area contributed by atoms with Gasteiger partial charge in [-0.05, 0) is 77.1 Å². The van der Waals surface area contributed by atoms with Gasteiger partial charge in [-0.3, -0.25) is 9.59 Å². The van der Waals surface area contributed by atoms with Crippen LogP contribution in [-0.2, 0) is 32.2 Å². The van der Waals surface area contributed by atoms with Gasteiger partial charge in [0.25, 0.3) is 0 Å². The van der Waals surface area contributed by atoms with Crippen molar-refractivity contribution in [3.8, 4) is 11.1 Å². The Labute approximate surface area is 342 Å². The maximum atomic E-state index is 12.7. The number of thioether (sulfide) groups is 1. The van der Waals surface area contributed by atoms with E-state index in [4.69, 9.17) is 20.2 Å². The molecule has 11 heteroatoms. The van der Waals surface area contributed by atoms with Gasteiger partial charge in [0.15, 0.2) is 10.6 Å². The molecular formula is C46H48N4O5S2. The summed E-state index contributed by atoms with van der Waals surface area (Å²) in [7, 11) is 0. The molecule has 6 aromatic rings. The summed E-state index contributed by atoms with van der Waals surface area (Å²) in [6.45, 7) is 0.436. The fourth-order valence-electron chi connectivity index (χ4n) is 6.86. The van der Waals surface area contributed by atoms with Gasteiger partial charge in [-0.2, -0.15) is 0 Å². The standard InChI is InChI=1S/C46H48N4O5S2/c47-38-15-5-6-16-39(38)49-44(53)20-4-2-1-3-19-43(52)48-28-32-11-9-12-34(25-32)35-13-10-14-36(26-35)45-54-37(27-41(55-45)33-23-21-31(29-51)22-24-33)30-56-46-50-40-17-7-8-18-42(40)57-46/h5-18,21-26,37,41,45,51H,1-4,19-20,27-30,47H2,(H,48,52)(H,49,53). The van der Waals surface area contributed by atoms with Crippen molar-refractivity contribution in [3.05, 3.63) is 144 Å². The summed E-state index contributed by atoms with van der Waals surface area (Å²) in [4.78, 5) is 29.8. The number of aliphatic hydroxyl groups is 1. The van der Waals surface area contributed by atoms with Gasteiger partial charge >= 0.3 is 0 Å². The number of para-hydroxylation sites is 3. The summed E-state index contributed by atoms with van der Waals surface area (Å²) < 4.78 is 15.5. The normalized spacial score (nSPS) is 16.7. The van der Waals surface area contributed by atoms with Crippen molar-refractivity contribution in [3.63, 3.8) is 0 Å². The molecule has 0 radical (unpaired) electrons. The first-order valence-corrected chi connectivity index (χ1v) is 21.3. The van der Waals surface area contributed by atoms with Gasteiger partial charge in [0.2, 0.25) is 11.8 Å². The minimum Gasteiger partial charge on any atom is -0.397 e. The zero-order chi connectivity index (χ0) is 39.4. The van der Waals surface area contributed by atoms with Crippen LogP contribution in [0.25, 0.3) is 21.3 Å². The minimum atomic E-state index is -0.574. The number of nitrogens with two attached hydrogens (primary N) is 1. The highest BCUT2D eigenvalue weighted by molar-refractivity contribution is 8.01. The number of nitrogens with one attached hydrogen (secondary N) is 2. The number of amides is 2. The quantitative estimate of drug-likeness (QED) is 0.0407. The van der Waals surface area contributed by atoms with E-state index in [2.05, 4.69) is 41.0 Å². The number of aromatic nitrogens is 1. The topological polar surface area (TPSA) is 136 Å². The van der Waals surface area contributed by atoms with E-state index >= 15 is 0 Å². The molecule has 1 aromatic heterocycles. The van der Waals surface area contributed by atoms with Crippen LogP contribution < -0.4 is 16.4 Å². The Morgan fingerprint density at radius 3 is 2.30 bits per heavy atom. The molecule has 1 saturated heterocycles. The monoisotopic (exact) mass is 800 g/mol. The maximum absolute atomic E-state index is 12.7. The van der Waals surface area contributed by atoms with Gasteiger partial charge in [0.1, 0.15) is 0 Å². The Kier molecular flexibility index (Phi) is 14.0.